The molecule has 0 saturated carbocycles. The lowest BCUT2D eigenvalue weighted by Gasteiger charge is -2.09. The molecule has 0 aliphatic rings. The number of hydrogen-bond donors (Lipinski definition) is 2. The first-order valence-corrected chi connectivity index (χ1v) is 7.23. The zero-order valence-corrected chi connectivity index (χ0v) is 12.2. The van der Waals surface area contributed by atoms with Crippen molar-refractivity contribution in [3.05, 3.63) is 48.7 Å². The molecule has 4 aromatic rings. The largest absolute Gasteiger partial charge is 0.383 e. The number of aromatic nitrogens is 4. The first kappa shape index (κ1) is 12.8. The van der Waals surface area contributed by atoms with Crippen LogP contribution in [0.3, 0.4) is 0 Å². The molecular formula is C17H15N5. The van der Waals surface area contributed by atoms with Gasteiger partial charge >= 0.3 is 0 Å². The Morgan fingerprint density at radius 1 is 1.05 bits per heavy atom. The highest BCUT2D eigenvalue weighted by Crippen LogP contribution is 2.36. The standard InChI is InChI=1S/C17H15N5/c1-2-14-15(11-4-3-6-20-17(11)22-14)12-9-21-16(18)13-8-19-7-5-10(12)13/h3-9H,2H2,1H3,(H2,18,21)(H,20,22). The summed E-state index contributed by atoms with van der Waals surface area (Å²) in [6.45, 7) is 2.13. The predicted molar refractivity (Wildman–Crippen MR) is 88.4 cm³/mol. The van der Waals surface area contributed by atoms with Gasteiger partial charge in [-0.15, -0.1) is 0 Å². The average molecular weight is 289 g/mol. The number of nitrogens with two attached hydrogens (primary N) is 1. The summed E-state index contributed by atoms with van der Waals surface area (Å²) in [6.07, 6.45) is 8.07. The molecule has 3 N–H and O–H groups in total. The Labute approximate surface area is 127 Å². The topological polar surface area (TPSA) is 80.5 Å². The number of H-pyrrole nitrogens is 1. The highest BCUT2D eigenvalue weighted by Gasteiger charge is 2.16. The second-order valence-corrected chi connectivity index (χ2v) is 5.21. The molecule has 0 bridgehead atoms. The van der Waals surface area contributed by atoms with Gasteiger partial charge in [0.2, 0.25) is 0 Å². The van der Waals surface area contributed by atoms with E-state index in [0.717, 1.165) is 45.0 Å². The van der Waals surface area contributed by atoms with Crippen molar-refractivity contribution in [3.63, 3.8) is 0 Å². The number of rotatable bonds is 2. The molecule has 0 fully saturated rings. The number of anilines is 1. The minimum absolute atomic E-state index is 0.503. The quantitative estimate of drug-likeness (QED) is 0.593. The van der Waals surface area contributed by atoms with Crippen LogP contribution in [-0.2, 0) is 6.42 Å². The van der Waals surface area contributed by atoms with Crippen LogP contribution in [0.15, 0.2) is 43.0 Å². The smallest absolute Gasteiger partial charge is 0.138 e. The van der Waals surface area contributed by atoms with Crippen LogP contribution >= 0.6 is 0 Å². The molecule has 0 aromatic carbocycles. The molecule has 0 unspecified atom stereocenters. The van der Waals surface area contributed by atoms with E-state index in [-0.39, 0.29) is 0 Å². The number of nitrogens with one attached hydrogen (secondary N) is 1. The fourth-order valence-electron chi connectivity index (χ4n) is 2.95. The van der Waals surface area contributed by atoms with Gasteiger partial charge in [-0.3, -0.25) is 4.98 Å². The van der Waals surface area contributed by atoms with Crippen molar-refractivity contribution in [2.24, 2.45) is 0 Å². The first-order chi connectivity index (χ1) is 10.8. The van der Waals surface area contributed by atoms with Crippen molar-refractivity contribution < 1.29 is 0 Å². The maximum absolute atomic E-state index is 5.99. The van der Waals surface area contributed by atoms with E-state index in [0.29, 0.717) is 5.82 Å². The van der Waals surface area contributed by atoms with Crippen molar-refractivity contribution in [2.45, 2.75) is 13.3 Å². The number of fused-ring (bicyclic) bond motifs is 2. The fourth-order valence-corrected chi connectivity index (χ4v) is 2.95. The molecule has 4 rings (SSSR count). The predicted octanol–water partition coefficient (Wildman–Crippen LogP) is 3.32. The lowest BCUT2D eigenvalue weighted by atomic mass is 9.98. The molecule has 0 radical (unpaired) electrons. The van der Waals surface area contributed by atoms with E-state index in [1.807, 2.05) is 18.3 Å². The number of pyridine rings is 3. The second-order valence-electron chi connectivity index (χ2n) is 5.21. The lowest BCUT2D eigenvalue weighted by molar-refractivity contribution is 1.07. The Balaban J connectivity index is 2.14. The molecule has 108 valence electrons. The van der Waals surface area contributed by atoms with Crippen LogP contribution in [0.5, 0.6) is 0 Å². The Morgan fingerprint density at radius 3 is 2.82 bits per heavy atom. The summed E-state index contributed by atoms with van der Waals surface area (Å²) in [5.74, 6) is 0.503. The lowest BCUT2D eigenvalue weighted by Crippen LogP contribution is -1.95. The van der Waals surface area contributed by atoms with Crippen molar-refractivity contribution in [3.8, 4) is 11.1 Å². The first-order valence-electron chi connectivity index (χ1n) is 7.23. The molecule has 0 atom stereocenters. The number of hydrogen-bond acceptors (Lipinski definition) is 4. The fraction of sp³-hybridized carbons (Fsp3) is 0.118. The summed E-state index contributed by atoms with van der Waals surface area (Å²) in [5, 5.41) is 3.03. The van der Waals surface area contributed by atoms with Crippen molar-refractivity contribution in [2.75, 3.05) is 5.73 Å². The van der Waals surface area contributed by atoms with Crippen LogP contribution in [0, 0.1) is 0 Å². The van der Waals surface area contributed by atoms with Crippen molar-refractivity contribution in [1.29, 1.82) is 0 Å². The van der Waals surface area contributed by atoms with Gasteiger partial charge in [0, 0.05) is 52.4 Å². The van der Waals surface area contributed by atoms with Gasteiger partial charge in [0.25, 0.3) is 0 Å². The van der Waals surface area contributed by atoms with E-state index < -0.39 is 0 Å². The van der Waals surface area contributed by atoms with E-state index in [1.165, 1.54) is 0 Å². The van der Waals surface area contributed by atoms with Crippen molar-refractivity contribution >= 4 is 27.6 Å². The number of nitrogens with zero attached hydrogens (tertiary/aromatic N) is 3. The van der Waals surface area contributed by atoms with Gasteiger partial charge in [-0.25, -0.2) is 9.97 Å². The van der Waals surface area contributed by atoms with Crippen LogP contribution in [-0.4, -0.2) is 19.9 Å². The maximum Gasteiger partial charge on any atom is 0.138 e. The van der Waals surface area contributed by atoms with Crippen LogP contribution in [0.1, 0.15) is 12.6 Å². The molecule has 0 amide bonds. The number of aromatic amines is 1. The molecule has 5 heteroatoms. The molecule has 0 spiro atoms. The molecule has 0 aliphatic carbocycles. The van der Waals surface area contributed by atoms with E-state index in [4.69, 9.17) is 5.73 Å². The highest BCUT2D eigenvalue weighted by molar-refractivity contribution is 6.07. The minimum atomic E-state index is 0.503. The zero-order chi connectivity index (χ0) is 15.1. The normalized spacial score (nSPS) is 11.3. The maximum atomic E-state index is 5.99. The van der Waals surface area contributed by atoms with Gasteiger partial charge in [-0.05, 0) is 30.0 Å². The van der Waals surface area contributed by atoms with Crippen LogP contribution in [0.4, 0.5) is 5.82 Å². The highest BCUT2D eigenvalue weighted by atomic mass is 14.9. The Kier molecular flexibility index (Phi) is 2.79. The SMILES string of the molecule is CCc1[nH]c2ncccc2c1-c1cnc(N)c2cnccc12. The van der Waals surface area contributed by atoms with E-state index in [9.17, 15) is 0 Å². The van der Waals surface area contributed by atoms with Gasteiger partial charge in [-0.2, -0.15) is 0 Å². The number of nitrogen functional groups attached to an aromatic ring is 1. The van der Waals surface area contributed by atoms with E-state index >= 15 is 0 Å². The average Bonchev–Trinajstić information content (AvgIpc) is 2.94. The molecule has 0 saturated heterocycles. The van der Waals surface area contributed by atoms with Gasteiger partial charge in [0.15, 0.2) is 0 Å². The second kappa shape index (κ2) is 4.80. The summed E-state index contributed by atoms with van der Waals surface area (Å²) in [6, 6.07) is 6.02. The van der Waals surface area contributed by atoms with Gasteiger partial charge in [-0.1, -0.05) is 6.92 Å². The van der Waals surface area contributed by atoms with Crippen LogP contribution in [0.2, 0.25) is 0 Å². The van der Waals surface area contributed by atoms with Gasteiger partial charge in [0.1, 0.15) is 11.5 Å². The van der Waals surface area contributed by atoms with Crippen LogP contribution < -0.4 is 5.73 Å². The molecule has 22 heavy (non-hydrogen) atoms. The zero-order valence-electron chi connectivity index (χ0n) is 12.2. The number of aryl methyl sites for hydroxylation is 1. The van der Waals surface area contributed by atoms with Crippen LogP contribution in [0.25, 0.3) is 32.9 Å². The molecule has 5 nitrogen and oxygen atoms in total. The van der Waals surface area contributed by atoms with E-state index in [1.54, 1.807) is 18.6 Å². The minimum Gasteiger partial charge on any atom is -0.383 e. The molecule has 0 aliphatic heterocycles. The third kappa shape index (κ3) is 1.75. The Morgan fingerprint density at radius 2 is 1.95 bits per heavy atom. The molecule has 4 heterocycles. The summed E-state index contributed by atoms with van der Waals surface area (Å²) in [7, 11) is 0. The Hall–Kier alpha value is -2.95. The van der Waals surface area contributed by atoms with Gasteiger partial charge in [0.05, 0.1) is 0 Å². The van der Waals surface area contributed by atoms with Gasteiger partial charge < -0.3 is 10.7 Å². The summed E-state index contributed by atoms with van der Waals surface area (Å²) >= 11 is 0. The van der Waals surface area contributed by atoms with Crippen molar-refractivity contribution in [1.82, 2.24) is 19.9 Å². The molecule has 4 aromatic heterocycles. The Bertz CT molecular complexity index is 987. The third-order valence-electron chi connectivity index (χ3n) is 3.99. The summed E-state index contributed by atoms with van der Waals surface area (Å²) < 4.78 is 0. The third-order valence-corrected chi connectivity index (χ3v) is 3.99. The summed E-state index contributed by atoms with van der Waals surface area (Å²) in [4.78, 5) is 16.3. The monoisotopic (exact) mass is 289 g/mol. The van der Waals surface area contributed by atoms with E-state index in [2.05, 4.69) is 32.9 Å². The summed E-state index contributed by atoms with van der Waals surface area (Å²) in [5.41, 5.74) is 10.2. The molecular weight excluding hydrogens is 274 g/mol.